The van der Waals surface area contributed by atoms with Crippen LogP contribution in [-0.4, -0.2) is 17.6 Å². The fourth-order valence-electron chi connectivity index (χ4n) is 0.807. The van der Waals surface area contributed by atoms with Gasteiger partial charge in [0, 0.05) is 11.4 Å². The van der Waals surface area contributed by atoms with Gasteiger partial charge in [-0.05, 0) is 0 Å². The van der Waals surface area contributed by atoms with E-state index in [0.717, 1.165) is 5.56 Å². The molecule has 0 heterocycles. The lowest BCUT2D eigenvalue weighted by Crippen LogP contribution is -1.93. The fraction of sp³-hybridized carbons (Fsp3) is 0.222. The maximum atomic E-state index is 5.88. The molecule has 0 bridgehead atoms. The van der Waals surface area contributed by atoms with Crippen LogP contribution >= 0.6 is 23.2 Å². The highest BCUT2D eigenvalue weighted by Gasteiger charge is 1.95. The topological polar surface area (TPSA) is 12.4 Å². The third-order valence-corrected chi connectivity index (χ3v) is 1.85. The maximum Gasteiger partial charge on any atom is 0.130 e. The predicted octanol–water partition coefficient (Wildman–Crippen LogP) is 2.91. The molecule has 0 saturated heterocycles. The summed E-state index contributed by atoms with van der Waals surface area (Å²) in [5.41, 5.74) is 0.935. The molecular weight excluding hydrogens is 193 g/mol. The van der Waals surface area contributed by atoms with Crippen molar-refractivity contribution >= 4 is 28.4 Å². The molecule has 0 atom stereocenters. The van der Waals surface area contributed by atoms with E-state index in [1.54, 1.807) is 0 Å². The quantitative estimate of drug-likeness (QED) is 0.527. The number of benzene rings is 1. The van der Waals surface area contributed by atoms with Gasteiger partial charge < -0.3 is 0 Å². The van der Waals surface area contributed by atoms with Gasteiger partial charge in [0.05, 0.1) is 6.54 Å². The van der Waals surface area contributed by atoms with E-state index < -0.39 is 0 Å². The second kappa shape index (κ2) is 5.18. The van der Waals surface area contributed by atoms with Crippen molar-refractivity contribution in [2.75, 3.05) is 12.4 Å². The number of hydrogen-bond donors (Lipinski definition) is 0. The predicted molar refractivity (Wildman–Crippen MR) is 54.4 cm³/mol. The van der Waals surface area contributed by atoms with Gasteiger partial charge in [-0.1, -0.05) is 41.9 Å². The van der Waals surface area contributed by atoms with Crippen LogP contribution in [0.2, 0.25) is 0 Å². The Kier molecular flexibility index (Phi) is 4.12. The first-order valence-electron chi connectivity index (χ1n) is 3.66. The summed E-state index contributed by atoms with van der Waals surface area (Å²) in [4.78, 5) is 4.06. The summed E-state index contributed by atoms with van der Waals surface area (Å²) in [7, 11) is 0. The van der Waals surface area contributed by atoms with Crippen LogP contribution in [0, 0.1) is 0 Å². The van der Waals surface area contributed by atoms with Gasteiger partial charge in [0.25, 0.3) is 0 Å². The molecule has 0 saturated carbocycles. The van der Waals surface area contributed by atoms with Crippen LogP contribution in [-0.2, 0) is 0 Å². The summed E-state index contributed by atoms with van der Waals surface area (Å²) in [5.74, 6) is 0.503. The number of rotatable bonds is 3. The molecule has 0 N–H and O–H groups in total. The van der Waals surface area contributed by atoms with Crippen LogP contribution in [0.25, 0.3) is 0 Å². The zero-order valence-electron chi connectivity index (χ0n) is 6.50. The van der Waals surface area contributed by atoms with E-state index in [1.165, 1.54) is 0 Å². The second-order valence-corrected chi connectivity index (χ2v) is 2.96. The molecule has 1 aromatic carbocycles. The first-order chi connectivity index (χ1) is 5.84. The van der Waals surface area contributed by atoms with Crippen LogP contribution in [0.3, 0.4) is 0 Å². The number of alkyl halides is 1. The van der Waals surface area contributed by atoms with Crippen molar-refractivity contribution in [3.8, 4) is 0 Å². The number of halogens is 2. The van der Waals surface area contributed by atoms with Gasteiger partial charge in [0.1, 0.15) is 5.17 Å². The Hall–Kier alpha value is -0.530. The van der Waals surface area contributed by atoms with E-state index >= 15 is 0 Å². The van der Waals surface area contributed by atoms with E-state index in [0.29, 0.717) is 17.6 Å². The SMILES string of the molecule is ClCCN=C(Cl)c1ccccc1. The third kappa shape index (κ3) is 2.84. The Morgan fingerprint density at radius 1 is 1.25 bits per heavy atom. The third-order valence-electron chi connectivity index (χ3n) is 1.35. The van der Waals surface area contributed by atoms with Crippen molar-refractivity contribution in [1.82, 2.24) is 0 Å². The Balaban J connectivity index is 2.71. The summed E-state index contributed by atoms with van der Waals surface area (Å²) in [6, 6.07) is 9.62. The van der Waals surface area contributed by atoms with Crippen LogP contribution in [0.1, 0.15) is 5.56 Å². The molecule has 1 rings (SSSR count). The lowest BCUT2D eigenvalue weighted by Gasteiger charge is -1.96. The van der Waals surface area contributed by atoms with Crippen LogP contribution in [0.15, 0.2) is 35.3 Å². The first kappa shape index (κ1) is 9.56. The lowest BCUT2D eigenvalue weighted by atomic mass is 10.2. The second-order valence-electron chi connectivity index (χ2n) is 2.23. The molecule has 1 aromatic rings. The van der Waals surface area contributed by atoms with Crippen LogP contribution in [0.5, 0.6) is 0 Å². The van der Waals surface area contributed by atoms with Crippen molar-refractivity contribution in [3.05, 3.63) is 35.9 Å². The first-order valence-corrected chi connectivity index (χ1v) is 4.57. The monoisotopic (exact) mass is 201 g/mol. The highest BCUT2D eigenvalue weighted by Crippen LogP contribution is 2.04. The van der Waals surface area contributed by atoms with Gasteiger partial charge in [-0.2, -0.15) is 0 Å². The van der Waals surface area contributed by atoms with Crippen LogP contribution < -0.4 is 0 Å². The summed E-state index contributed by atoms with van der Waals surface area (Å²) in [6.07, 6.45) is 0. The molecule has 0 aromatic heterocycles. The highest BCUT2D eigenvalue weighted by molar-refractivity contribution is 6.69. The largest absolute Gasteiger partial charge is 0.271 e. The average molecular weight is 202 g/mol. The Morgan fingerprint density at radius 2 is 1.92 bits per heavy atom. The average Bonchev–Trinajstić information content (AvgIpc) is 2.15. The van der Waals surface area contributed by atoms with E-state index in [2.05, 4.69) is 4.99 Å². The molecule has 0 radical (unpaired) electrons. The van der Waals surface area contributed by atoms with E-state index in [-0.39, 0.29) is 0 Å². The zero-order chi connectivity index (χ0) is 8.81. The Labute approximate surface area is 82.0 Å². The van der Waals surface area contributed by atoms with Crippen molar-refractivity contribution in [2.24, 2.45) is 4.99 Å². The molecule has 3 heteroatoms. The summed E-state index contributed by atoms with van der Waals surface area (Å²) >= 11 is 11.3. The molecule has 64 valence electrons. The Morgan fingerprint density at radius 3 is 2.50 bits per heavy atom. The molecule has 0 spiro atoms. The van der Waals surface area contributed by atoms with Crippen molar-refractivity contribution in [1.29, 1.82) is 0 Å². The van der Waals surface area contributed by atoms with E-state index in [9.17, 15) is 0 Å². The zero-order valence-corrected chi connectivity index (χ0v) is 8.02. The normalized spacial score (nSPS) is 11.7. The van der Waals surface area contributed by atoms with Gasteiger partial charge in [-0.3, -0.25) is 4.99 Å². The molecular formula is C9H9Cl2N. The van der Waals surface area contributed by atoms with Gasteiger partial charge in [-0.25, -0.2) is 0 Å². The molecule has 0 aliphatic carbocycles. The number of hydrogen-bond acceptors (Lipinski definition) is 1. The molecule has 0 aliphatic heterocycles. The van der Waals surface area contributed by atoms with Gasteiger partial charge in [0.2, 0.25) is 0 Å². The molecule has 0 fully saturated rings. The minimum Gasteiger partial charge on any atom is -0.271 e. The smallest absolute Gasteiger partial charge is 0.130 e. The van der Waals surface area contributed by atoms with Crippen LogP contribution in [0.4, 0.5) is 0 Å². The minimum absolute atomic E-state index is 0.503. The fourth-order valence-corrected chi connectivity index (χ4v) is 1.10. The molecule has 0 aliphatic rings. The summed E-state index contributed by atoms with van der Waals surface area (Å²) < 4.78 is 0. The summed E-state index contributed by atoms with van der Waals surface area (Å²) in [6.45, 7) is 0.565. The van der Waals surface area contributed by atoms with Gasteiger partial charge in [-0.15, -0.1) is 11.6 Å². The standard InChI is InChI=1S/C9H9Cl2N/c10-6-7-12-9(11)8-4-2-1-3-5-8/h1-5H,6-7H2. The number of aliphatic imine (C=N–C) groups is 1. The Bertz CT molecular complexity index is 256. The van der Waals surface area contributed by atoms with Crippen molar-refractivity contribution in [3.63, 3.8) is 0 Å². The van der Waals surface area contributed by atoms with Crippen molar-refractivity contribution in [2.45, 2.75) is 0 Å². The molecule has 12 heavy (non-hydrogen) atoms. The summed E-state index contributed by atoms with van der Waals surface area (Å²) in [5, 5.41) is 0.524. The number of nitrogens with zero attached hydrogens (tertiary/aromatic N) is 1. The lowest BCUT2D eigenvalue weighted by molar-refractivity contribution is 1.14. The van der Waals surface area contributed by atoms with Gasteiger partial charge >= 0.3 is 0 Å². The molecule has 0 amide bonds. The van der Waals surface area contributed by atoms with Crippen molar-refractivity contribution < 1.29 is 0 Å². The van der Waals surface area contributed by atoms with E-state index in [1.807, 2.05) is 30.3 Å². The molecule has 0 unspecified atom stereocenters. The molecule has 1 nitrogen and oxygen atoms in total. The minimum atomic E-state index is 0.503. The van der Waals surface area contributed by atoms with E-state index in [4.69, 9.17) is 23.2 Å². The maximum absolute atomic E-state index is 5.88. The highest BCUT2D eigenvalue weighted by atomic mass is 35.5. The van der Waals surface area contributed by atoms with Gasteiger partial charge in [0.15, 0.2) is 0 Å².